The average molecular weight is 250 g/mol. The third kappa shape index (κ3) is 7.55. The van der Waals surface area contributed by atoms with Crippen LogP contribution in [-0.2, 0) is 9.53 Å². The SMILES string of the molecule is CCCCC(OCC)C(=O)O.[H-].[H-].[Sr+2]. The molecule has 0 saturated carbocycles. The summed E-state index contributed by atoms with van der Waals surface area (Å²) in [5.74, 6) is -0.847. The Bertz CT molecular complexity index is 125. The molecule has 1 unspecified atom stereocenters. The summed E-state index contributed by atoms with van der Waals surface area (Å²) < 4.78 is 5.01. The number of ether oxygens (including phenoxy) is 1. The zero-order valence-corrected chi connectivity index (χ0v) is 11.4. The Kier molecular flexibility index (Phi) is 12.8. The van der Waals surface area contributed by atoms with E-state index in [9.17, 15) is 4.79 Å². The Labute approximate surface area is 114 Å². The summed E-state index contributed by atoms with van der Waals surface area (Å²) in [6, 6.07) is 0. The van der Waals surface area contributed by atoms with E-state index in [1.54, 1.807) is 0 Å². The predicted molar refractivity (Wildman–Crippen MR) is 50.6 cm³/mol. The third-order valence-corrected chi connectivity index (χ3v) is 1.46. The molecule has 0 aromatic heterocycles. The monoisotopic (exact) mass is 250 g/mol. The maximum Gasteiger partial charge on any atom is 2.00 e. The van der Waals surface area contributed by atoms with Gasteiger partial charge in [0.25, 0.3) is 0 Å². The van der Waals surface area contributed by atoms with Crippen LogP contribution in [0.15, 0.2) is 0 Å². The number of rotatable bonds is 6. The van der Waals surface area contributed by atoms with Crippen molar-refractivity contribution in [2.45, 2.75) is 39.2 Å². The van der Waals surface area contributed by atoms with Crippen molar-refractivity contribution in [1.29, 1.82) is 0 Å². The van der Waals surface area contributed by atoms with Gasteiger partial charge in [0.05, 0.1) is 0 Å². The number of carboxylic acids is 1. The maximum absolute atomic E-state index is 10.5. The molecule has 0 radical (unpaired) electrons. The van der Waals surface area contributed by atoms with Crippen molar-refractivity contribution in [2.75, 3.05) is 6.61 Å². The molecule has 0 aliphatic carbocycles. The van der Waals surface area contributed by atoms with E-state index in [1.807, 2.05) is 13.8 Å². The molecule has 0 aromatic rings. The normalized spacial score (nSPS) is 11.8. The van der Waals surface area contributed by atoms with Gasteiger partial charge in [0.15, 0.2) is 6.10 Å². The van der Waals surface area contributed by atoms with Crippen LogP contribution < -0.4 is 0 Å². The largest absolute Gasteiger partial charge is 2.00 e. The van der Waals surface area contributed by atoms with Crippen LogP contribution in [-0.4, -0.2) is 69.3 Å². The molecule has 1 N–H and O–H groups in total. The minimum absolute atomic E-state index is 0. The molecule has 0 heterocycles. The van der Waals surface area contributed by atoms with Crippen LogP contribution in [0.3, 0.4) is 0 Å². The van der Waals surface area contributed by atoms with Crippen LogP contribution in [0, 0.1) is 0 Å². The minimum atomic E-state index is -0.847. The molecular weight excluding hydrogens is 232 g/mol. The van der Waals surface area contributed by atoms with E-state index in [2.05, 4.69) is 0 Å². The van der Waals surface area contributed by atoms with Gasteiger partial charge in [-0.3, -0.25) is 0 Å². The van der Waals surface area contributed by atoms with Gasteiger partial charge in [-0.2, -0.15) is 0 Å². The molecule has 0 aliphatic rings. The second-order valence-corrected chi connectivity index (χ2v) is 2.42. The molecule has 0 saturated heterocycles. The standard InChI is InChI=1S/C8H16O3.Sr.2H/c1-3-5-6-7(8(9)10)11-4-2;;;/h7H,3-6H2,1-2H3,(H,9,10);;;/q;+2;2*-1. The minimum Gasteiger partial charge on any atom is -1.00 e. The van der Waals surface area contributed by atoms with Gasteiger partial charge in [-0.15, -0.1) is 0 Å². The van der Waals surface area contributed by atoms with Gasteiger partial charge in [0, 0.05) is 6.61 Å². The number of hydrogen-bond donors (Lipinski definition) is 1. The van der Waals surface area contributed by atoms with E-state index >= 15 is 0 Å². The van der Waals surface area contributed by atoms with Gasteiger partial charge in [-0.05, 0) is 13.3 Å². The van der Waals surface area contributed by atoms with Crippen LogP contribution in [0.5, 0.6) is 0 Å². The molecule has 0 fully saturated rings. The molecule has 4 heteroatoms. The Balaban J connectivity index is -0.000000167. The molecule has 1 atom stereocenters. The number of carboxylic acid groups (broad SMARTS) is 1. The van der Waals surface area contributed by atoms with Crippen molar-refractivity contribution in [3.63, 3.8) is 0 Å². The second kappa shape index (κ2) is 9.99. The van der Waals surface area contributed by atoms with Crippen molar-refractivity contribution in [2.24, 2.45) is 0 Å². The van der Waals surface area contributed by atoms with Crippen molar-refractivity contribution in [3.8, 4) is 0 Å². The molecule has 0 aromatic carbocycles. The number of carbonyl (C=O) groups is 1. The topological polar surface area (TPSA) is 46.5 Å². The molecule has 0 rings (SSSR count). The first-order valence-corrected chi connectivity index (χ1v) is 4.06. The summed E-state index contributed by atoms with van der Waals surface area (Å²) in [4.78, 5) is 10.5. The Morgan fingerprint density at radius 1 is 1.58 bits per heavy atom. The molecule has 0 amide bonds. The third-order valence-electron chi connectivity index (χ3n) is 1.46. The molecular formula is C8H18O3Sr. The fourth-order valence-electron chi connectivity index (χ4n) is 0.869. The summed E-state index contributed by atoms with van der Waals surface area (Å²) in [6.45, 7) is 4.31. The zero-order chi connectivity index (χ0) is 8.69. The molecule has 0 bridgehead atoms. The van der Waals surface area contributed by atoms with E-state index in [0.717, 1.165) is 12.8 Å². The van der Waals surface area contributed by atoms with Gasteiger partial charge < -0.3 is 12.7 Å². The van der Waals surface area contributed by atoms with Crippen LogP contribution in [0.2, 0.25) is 0 Å². The molecule has 70 valence electrons. The van der Waals surface area contributed by atoms with Gasteiger partial charge in [0.1, 0.15) is 0 Å². The first-order valence-electron chi connectivity index (χ1n) is 4.06. The van der Waals surface area contributed by atoms with E-state index in [4.69, 9.17) is 9.84 Å². The van der Waals surface area contributed by atoms with Crippen molar-refractivity contribution < 1.29 is 17.5 Å². The fourth-order valence-corrected chi connectivity index (χ4v) is 0.869. The molecule has 12 heavy (non-hydrogen) atoms. The van der Waals surface area contributed by atoms with Crippen LogP contribution >= 0.6 is 0 Å². The van der Waals surface area contributed by atoms with E-state index < -0.39 is 12.1 Å². The summed E-state index contributed by atoms with van der Waals surface area (Å²) in [7, 11) is 0. The first kappa shape index (κ1) is 15.4. The number of unbranched alkanes of at least 4 members (excludes halogenated alkanes) is 1. The van der Waals surface area contributed by atoms with Gasteiger partial charge in [-0.1, -0.05) is 19.8 Å². The zero-order valence-electron chi connectivity index (χ0n) is 9.88. The van der Waals surface area contributed by atoms with E-state index in [1.165, 1.54) is 0 Å². The number of aliphatic carboxylic acids is 1. The van der Waals surface area contributed by atoms with E-state index in [-0.39, 0.29) is 48.3 Å². The Morgan fingerprint density at radius 2 is 2.17 bits per heavy atom. The average Bonchev–Trinajstić information content (AvgIpc) is 1.97. The Hall–Kier alpha value is 0.911. The van der Waals surface area contributed by atoms with Gasteiger partial charge in [0.2, 0.25) is 0 Å². The van der Waals surface area contributed by atoms with Gasteiger partial charge >= 0.3 is 51.5 Å². The van der Waals surface area contributed by atoms with Crippen LogP contribution in [0.25, 0.3) is 0 Å². The second-order valence-electron chi connectivity index (χ2n) is 2.42. The molecule has 0 spiro atoms. The summed E-state index contributed by atoms with van der Waals surface area (Å²) in [5, 5.41) is 8.61. The number of hydrogen-bond acceptors (Lipinski definition) is 2. The first-order chi connectivity index (χ1) is 5.22. The van der Waals surface area contributed by atoms with Crippen molar-refractivity contribution in [3.05, 3.63) is 0 Å². The van der Waals surface area contributed by atoms with E-state index in [0.29, 0.717) is 13.0 Å². The molecule has 3 nitrogen and oxygen atoms in total. The maximum atomic E-state index is 10.5. The summed E-state index contributed by atoms with van der Waals surface area (Å²) in [6.07, 6.45) is 1.95. The summed E-state index contributed by atoms with van der Waals surface area (Å²) in [5.41, 5.74) is 0. The summed E-state index contributed by atoms with van der Waals surface area (Å²) >= 11 is 0. The molecule has 0 aliphatic heterocycles. The van der Waals surface area contributed by atoms with Crippen molar-refractivity contribution in [1.82, 2.24) is 0 Å². The van der Waals surface area contributed by atoms with Crippen LogP contribution in [0.1, 0.15) is 36.0 Å². The van der Waals surface area contributed by atoms with Crippen LogP contribution in [0.4, 0.5) is 0 Å². The quantitative estimate of drug-likeness (QED) is 0.726. The fraction of sp³-hybridized carbons (Fsp3) is 0.875. The van der Waals surface area contributed by atoms with Gasteiger partial charge in [-0.25, -0.2) is 4.79 Å². The van der Waals surface area contributed by atoms with Crippen molar-refractivity contribution >= 4 is 51.5 Å². The smallest absolute Gasteiger partial charge is 1.00 e. The predicted octanol–water partition coefficient (Wildman–Crippen LogP) is 1.51. The Morgan fingerprint density at radius 3 is 2.50 bits per heavy atom.